The van der Waals surface area contributed by atoms with Crippen molar-refractivity contribution in [1.82, 2.24) is 4.90 Å². The highest BCUT2D eigenvalue weighted by atomic mass is 35.5. The Hall–Kier alpha value is -3.40. The summed E-state index contributed by atoms with van der Waals surface area (Å²) in [7, 11) is 1.35. The molecule has 3 saturated heterocycles. The van der Waals surface area contributed by atoms with E-state index < -0.39 is 45.2 Å². The molecule has 0 aromatic heterocycles. The van der Waals surface area contributed by atoms with Crippen LogP contribution in [0.1, 0.15) is 29.9 Å². The summed E-state index contributed by atoms with van der Waals surface area (Å²) in [6, 6.07) is 12.5. The highest BCUT2D eigenvalue weighted by Gasteiger charge is 2.76. The van der Waals surface area contributed by atoms with Crippen LogP contribution in [0.2, 0.25) is 0 Å². The molecule has 3 aliphatic heterocycles. The number of fused-ring (bicyclic) bond motifs is 4. The Bertz CT molecular complexity index is 1600. The number of benzene rings is 2. The van der Waals surface area contributed by atoms with Gasteiger partial charge in [0.05, 0.1) is 30.7 Å². The van der Waals surface area contributed by atoms with Crippen molar-refractivity contribution in [2.45, 2.75) is 35.4 Å². The molecular formula is C32H31Cl2N3O6. The molecule has 43 heavy (non-hydrogen) atoms. The van der Waals surface area contributed by atoms with Crippen LogP contribution in [0.25, 0.3) is 0 Å². The Balaban J connectivity index is 1.30. The standard InChI is InChI=1S/C32H31Cl2N3O6/c1-17-4-3-5-22(26(17)38)25-20-10-11-21-24(23(20)16-31(33)29(41)35(2)30(42)32(25,31)34)28(40)37(27(21)39)19-8-6-18(7-9-19)36-12-14-43-15-13-36/h3-10,21,23-25,38H,11-16H2,1-2H3/t21-,23+,24-,25+,31+,32-/m0/s1. The lowest BCUT2D eigenvalue weighted by molar-refractivity contribution is -0.138. The number of phenolic OH excluding ortho intramolecular Hbond substituents is 1. The first-order valence-electron chi connectivity index (χ1n) is 14.5. The van der Waals surface area contributed by atoms with E-state index in [0.29, 0.717) is 35.6 Å². The number of para-hydroxylation sites is 1. The smallest absolute Gasteiger partial charge is 0.253 e. The molecule has 2 aromatic rings. The highest BCUT2D eigenvalue weighted by molar-refractivity contribution is 6.53. The van der Waals surface area contributed by atoms with Crippen molar-refractivity contribution in [3.63, 3.8) is 0 Å². The van der Waals surface area contributed by atoms with Crippen molar-refractivity contribution in [3.8, 4) is 5.75 Å². The molecule has 1 N–H and O–H groups in total. The quantitative estimate of drug-likeness (QED) is 0.315. The average molecular weight is 625 g/mol. The first-order valence-corrected chi connectivity index (χ1v) is 15.3. The minimum absolute atomic E-state index is 0.0548. The van der Waals surface area contributed by atoms with E-state index in [0.717, 1.165) is 23.7 Å². The summed E-state index contributed by atoms with van der Waals surface area (Å²) >= 11 is 14.4. The van der Waals surface area contributed by atoms with Gasteiger partial charge in [0, 0.05) is 37.3 Å². The molecule has 224 valence electrons. The van der Waals surface area contributed by atoms with E-state index in [1.807, 2.05) is 18.2 Å². The van der Waals surface area contributed by atoms with Gasteiger partial charge in [0.15, 0.2) is 9.75 Å². The number of amides is 4. The van der Waals surface area contributed by atoms with E-state index in [1.54, 1.807) is 37.3 Å². The van der Waals surface area contributed by atoms with Crippen molar-refractivity contribution in [2.24, 2.45) is 17.8 Å². The molecule has 2 aromatic carbocycles. The summed E-state index contributed by atoms with van der Waals surface area (Å²) in [5, 5.41) is 11.2. The molecule has 4 amide bonds. The number of aryl methyl sites for hydroxylation is 1. The minimum atomic E-state index is -1.93. The second-order valence-corrected chi connectivity index (χ2v) is 13.4. The number of hydrogen-bond donors (Lipinski definition) is 1. The maximum absolute atomic E-state index is 14.2. The maximum Gasteiger partial charge on any atom is 0.253 e. The predicted molar refractivity (Wildman–Crippen MR) is 160 cm³/mol. The number of morpholine rings is 1. The van der Waals surface area contributed by atoms with Crippen LogP contribution in [0.15, 0.2) is 54.1 Å². The average Bonchev–Trinajstić information content (AvgIpc) is 3.34. The number of imide groups is 2. The molecule has 1 saturated carbocycles. The Kier molecular flexibility index (Phi) is 6.47. The fraction of sp³-hybridized carbons (Fsp3) is 0.438. The number of alkyl halides is 2. The van der Waals surface area contributed by atoms with Crippen LogP contribution in [-0.2, 0) is 23.9 Å². The summed E-state index contributed by atoms with van der Waals surface area (Å²) in [5.74, 6) is -5.13. The molecule has 2 aliphatic carbocycles. The Labute approximate surface area is 259 Å². The second kappa shape index (κ2) is 9.81. The maximum atomic E-state index is 14.2. The van der Waals surface area contributed by atoms with Gasteiger partial charge < -0.3 is 14.7 Å². The van der Waals surface area contributed by atoms with E-state index in [1.165, 1.54) is 11.9 Å². The van der Waals surface area contributed by atoms with Gasteiger partial charge in [0.1, 0.15) is 5.75 Å². The number of ether oxygens (including phenoxy) is 1. The molecule has 11 heteroatoms. The molecule has 0 unspecified atom stereocenters. The molecule has 0 radical (unpaired) electrons. The van der Waals surface area contributed by atoms with Crippen molar-refractivity contribution in [3.05, 3.63) is 65.2 Å². The Morgan fingerprint density at radius 3 is 2.28 bits per heavy atom. The van der Waals surface area contributed by atoms with Gasteiger partial charge in [-0.3, -0.25) is 29.0 Å². The Morgan fingerprint density at radius 2 is 1.58 bits per heavy atom. The minimum Gasteiger partial charge on any atom is -0.507 e. The van der Waals surface area contributed by atoms with Crippen LogP contribution in [0, 0.1) is 24.7 Å². The molecule has 4 fully saturated rings. The lowest BCUT2D eigenvalue weighted by Gasteiger charge is -2.50. The van der Waals surface area contributed by atoms with Crippen LogP contribution in [0.5, 0.6) is 5.75 Å². The van der Waals surface area contributed by atoms with Crippen LogP contribution in [-0.4, -0.2) is 76.7 Å². The summed E-state index contributed by atoms with van der Waals surface area (Å²) in [6.07, 6.45) is 2.03. The molecule has 5 aliphatic rings. The Morgan fingerprint density at radius 1 is 0.907 bits per heavy atom. The van der Waals surface area contributed by atoms with Crippen molar-refractivity contribution < 1.29 is 29.0 Å². The number of phenols is 1. The van der Waals surface area contributed by atoms with Gasteiger partial charge in [-0.1, -0.05) is 29.8 Å². The van der Waals surface area contributed by atoms with E-state index in [2.05, 4.69) is 4.90 Å². The second-order valence-electron chi connectivity index (χ2n) is 12.1. The number of anilines is 2. The van der Waals surface area contributed by atoms with Crippen molar-refractivity contribution in [1.29, 1.82) is 0 Å². The molecular weight excluding hydrogens is 593 g/mol. The van der Waals surface area contributed by atoms with Crippen LogP contribution < -0.4 is 9.80 Å². The number of aromatic hydroxyl groups is 1. The van der Waals surface area contributed by atoms with E-state index in [9.17, 15) is 24.3 Å². The number of nitrogens with zero attached hydrogens (tertiary/aromatic N) is 3. The largest absolute Gasteiger partial charge is 0.507 e. The van der Waals surface area contributed by atoms with Gasteiger partial charge in [-0.05, 0) is 55.5 Å². The molecule has 0 bridgehead atoms. The van der Waals surface area contributed by atoms with Crippen LogP contribution in [0.4, 0.5) is 11.4 Å². The number of likely N-dealkylation sites (tertiary alicyclic amines) is 1. The molecule has 0 spiro atoms. The number of carbonyl (C=O) groups excluding carboxylic acids is 4. The predicted octanol–water partition coefficient (Wildman–Crippen LogP) is 3.73. The lowest BCUT2D eigenvalue weighted by atomic mass is 9.56. The van der Waals surface area contributed by atoms with Crippen LogP contribution in [0.3, 0.4) is 0 Å². The number of carbonyl (C=O) groups is 4. The normalized spacial score (nSPS) is 33.9. The summed E-state index contributed by atoms with van der Waals surface area (Å²) in [4.78, 5) is 55.9. The van der Waals surface area contributed by atoms with Gasteiger partial charge in [-0.25, -0.2) is 0 Å². The molecule has 6 atom stereocenters. The van der Waals surface area contributed by atoms with Gasteiger partial charge >= 0.3 is 0 Å². The third-order valence-electron chi connectivity index (χ3n) is 10.1. The van der Waals surface area contributed by atoms with Gasteiger partial charge in [0.25, 0.3) is 11.8 Å². The molecule has 9 nitrogen and oxygen atoms in total. The number of halogens is 2. The van der Waals surface area contributed by atoms with Gasteiger partial charge in [0.2, 0.25) is 11.8 Å². The summed E-state index contributed by atoms with van der Waals surface area (Å²) < 4.78 is 5.44. The molecule has 3 heterocycles. The first kappa shape index (κ1) is 28.4. The highest BCUT2D eigenvalue weighted by Crippen LogP contribution is 2.66. The topological polar surface area (TPSA) is 107 Å². The zero-order valence-electron chi connectivity index (χ0n) is 23.8. The SMILES string of the molecule is Cc1cccc([C@H]2C3=CC[C@@H]4C(=O)N(c5ccc(N6CCOCC6)cc5)C(=O)[C@@H]4[C@@H]3C[C@@]3(Cl)C(=O)N(C)C(=O)[C@@]23Cl)c1O. The number of hydrogen-bond acceptors (Lipinski definition) is 7. The van der Waals surface area contributed by atoms with Crippen molar-refractivity contribution >= 4 is 58.2 Å². The third kappa shape index (κ3) is 3.74. The lowest BCUT2D eigenvalue weighted by Crippen LogP contribution is -2.60. The molecule has 7 rings (SSSR count). The van der Waals surface area contributed by atoms with Gasteiger partial charge in [-0.15, -0.1) is 23.2 Å². The zero-order valence-corrected chi connectivity index (χ0v) is 25.3. The van der Waals surface area contributed by atoms with Gasteiger partial charge in [-0.2, -0.15) is 0 Å². The van der Waals surface area contributed by atoms with E-state index in [-0.39, 0.29) is 30.4 Å². The van der Waals surface area contributed by atoms with E-state index in [4.69, 9.17) is 27.9 Å². The summed E-state index contributed by atoms with van der Waals surface area (Å²) in [5.41, 5.74) is 3.04. The fourth-order valence-electron chi connectivity index (χ4n) is 7.89. The first-order chi connectivity index (χ1) is 20.5. The van der Waals surface area contributed by atoms with Crippen LogP contribution >= 0.6 is 23.2 Å². The van der Waals surface area contributed by atoms with Crippen molar-refractivity contribution in [2.75, 3.05) is 43.2 Å². The fourth-order valence-corrected chi connectivity index (χ4v) is 8.90. The van der Waals surface area contributed by atoms with E-state index >= 15 is 0 Å². The zero-order chi connectivity index (χ0) is 30.4. The third-order valence-corrected chi connectivity index (χ3v) is 11.5. The monoisotopic (exact) mass is 623 g/mol. The number of allylic oxidation sites excluding steroid dienone is 2. The number of rotatable bonds is 3. The summed E-state index contributed by atoms with van der Waals surface area (Å²) in [6.45, 7) is 4.53.